The molecule has 4 amide bonds. The normalized spacial score (nSPS) is 19.4. The van der Waals surface area contributed by atoms with Gasteiger partial charge in [-0.1, -0.05) is 6.07 Å². The number of pyridine rings is 1. The van der Waals surface area contributed by atoms with Gasteiger partial charge < -0.3 is 10.2 Å². The van der Waals surface area contributed by atoms with E-state index >= 15 is 0 Å². The number of hydrogen-bond donors (Lipinski definition) is 1. The lowest BCUT2D eigenvalue weighted by molar-refractivity contribution is -0.135. The molecular formula is C21H20F3N5O3. The highest BCUT2D eigenvalue weighted by Gasteiger charge is 2.41. The number of urea groups is 1. The van der Waals surface area contributed by atoms with E-state index in [1.54, 1.807) is 17.3 Å². The molecule has 0 bridgehead atoms. The Bertz CT molecular complexity index is 1020. The SMILES string of the molecule is O=C(C[C@H]1NC(=O)N(c2cc(F)c(F)c(F)c2)C1=O)N1CCN(Cc2cccnc2)CC1. The molecule has 2 saturated heterocycles. The van der Waals surface area contributed by atoms with Crippen molar-refractivity contribution in [3.63, 3.8) is 0 Å². The van der Waals surface area contributed by atoms with Crippen LogP contribution in [0.3, 0.4) is 0 Å². The fourth-order valence-corrected chi connectivity index (χ4v) is 3.79. The highest BCUT2D eigenvalue weighted by atomic mass is 19.2. The number of carbonyl (C=O) groups is 3. The van der Waals surface area contributed by atoms with Crippen LogP contribution in [-0.2, 0) is 16.1 Å². The molecule has 11 heteroatoms. The molecule has 2 fully saturated rings. The van der Waals surface area contributed by atoms with E-state index in [1.807, 2.05) is 12.1 Å². The van der Waals surface area contributed by atoms with Gasteiger partial charge in [0.15, 0.2) is 17.5 Å². The van der Waals surface area contributed by atoms with Gasteiger partial charge in [0.25, 0.3) is 5.91 Å². The first-order chi connectivity index (χ1) is 15.3. The zero-order valence-electron chi connectivity index (χ0n) is 16.9. The summed E-state index contributed by atoms with van der Waals surface area (Å²) >= 11 is 0. The largest absolute Gasteiger partial charge is 0.340 e. The number of benzene rings is 1. The number of hydrogen-bond acceptors (Lipinski definition) is 5. The number of amides is 4. The van der Waals surface area contributed by atoms with Crippen molar-refractivity contribution in [2.75, 3.05) is 31.1 Å². The summed E-state index contributed by atoms with van der Waals surface area (Å²) in [5.74, 6) is -5.89. The summed E-state index contributed by atoms with van der Waals surface area (Å²) in [6.07, 6.45) is 3.21. The van der Waals surface area contributed by atoms with E-state index in [0.29, 0.717) is 49.8 Å². The Balaban J connectivity index is 1.34. The van der Waals surface area contributed by atoms with Crippen LogP contribution in [-0.4, -0.2) is 64.9 Å². The smallest absolute Gasteiger partial charge is 0.329 e. The second-order valence-corrected chi connectivity index (χ2v) is 7.62. The fourth-order valence-electron chi connectivity index (χ4n) is 3.79. The average molecular weight is 447 g/mol. The third-order valence-electron chi connectivity index (χ3n) is 5.48. The summed E-state index contributed by atoms with van der Waals surface area (Å²) in [5, 5.41) is 2.35. The van der Waals surface area contributed by atoms with E-state index in [2.05, 4.69) is 15.2 Å². The van der Waals surface area contributed by atoms with Crippen molar-refractivity contribution in [3.05, 3.63) is 59.7 Å². The molecule has 2 aliphatic rings. The number of piperazine rings is 1. The van der Waals surface area contributed by atoms with Crippen LogP contribution >= 0.6 is 0 Å². The van der Waals surface area contributed by atoms with Gasteiger partial charge in [-0.05, 0) is 11.6 Å². The first-order valence-corrected chi connectivity index (χ1v) is 10.0. The molecule has 2 aromatic rings. The van der Waals surface area contributed by atoms with Gasteiger partial charge in [-0.3, -0.25) is 19.5 Å². The summed E-state index contributed by atoms with van der Waals surface area (Å²) in [6.45, 7) is 2.93. The van der Waals surface area contributed by atoms with Crippen LogP contribution in [0.4, 0.5) is 23.7 Å². The van der Waals surface area contributed by atoms with Crippen LogP contribution in [0.5, 0.6) is 0 Å². The Labute approximate surface area is 181 Å². The lowest BCUT2D eigenvalue weighted by Gasteiger charge is -2.35. The predicted octanol–water partition coefficient (Wildman–Crippen LogP) is 1.66. The number of anilines is 1. The van der Waals surface area contributed by atoms with Crippen LogP contribution in [0, 0.1) is 17.5 Å². The Kier molecular flexibility index (Phi) is 6.08. The number of nitrogens with zero attached hydrogens (tertiary/aromatic N) is 4. The number of aromatic nitrogens is 1. The number of rotatable bonds is 5. The minimum Gasteiger partial charge on any atom is -0.340 e. The van der Waals surface area contributed by atoms with Gasteiger partial charge in [0.05, 0.1) is 12.1 Å². The molecule has 0 radical (unpaired) electrons. The molecule has 168 valence electrons. The Morgan fingerprint density at radius 1 is 1.09 bits per heavy atom. The molecule has 0 spiro atoms. The van der Waals surface area contributed by atoms with Crippen molar-refractivity contribution < 1.29 is 27.6 Å². The Hall–Kier alpha value is -3.47. The average Bonchev–Trinajstić information content (AvgIpc) is 3.05. The minimum atomic E-state index is -1.70. The van der Waals surface area contributed by atoms with Gasteiger partial charge in [-0.15, -0.1) is 0 Å². The molecule has 1 N–H and O–H groups in total. The predicted molar refractivity (Wildman–Crippen MR) is 107 cm³/mol. The van der Waals surface area contributed by atoms with E-state index in [9.17, 15) is 27.6 Å². The van der Waals surface area contributed by atoms with Crippen LogP contribution in [0.25, 0.3) is 0 Å². The summed E-state index contributed by atoms with van der Waals surface area (Å²) in [5.41, 5.74) is 0.628. The number of carbonyl (C=O) groups excluding carboxylic acids is 3. The van der Waals surface area contributed by atoms with E-state index in [1.165, 1.54) is 0 Å². The van der Waals surface area contributed by atoms with Crippen molar-refractivity contribution in [1.82, 2.24) is 20.1 Å². The Morgan fingerprint density at radius 2 is 1.78 bits per heavy atom. The van der Waals surface area contributed by atoms with E-state index in [-0.39, 0.29) is 12.3 Å². The van der Waals surface area contributed by atoms with Gasteiger partial charge >= 0.3 is 6.03 Å². The van der Waals surface area contributed by atoms with Crippen molar-refractivity contribution >= 4 is 23.5 Å². The number of imide groups is 1. The maximum absolute atomic E-state index is 13.5. The molecule has 3 heterocycles. The molecule has 4 rings (SSSR count). The van der Waals surface area contributed by atoms with Crippen molar-refractivity contribution in [1.29, 1.82) is 0 Å². The van der Waals surface area contributed by atoms with Crippen LogP contribution in [0.2, 0.25) is 0 Å². The molecule has 0 aliphatic carbocycles. The zero-order chi connectivity index (χ0) is 22.8. The van der Waals surface area contributed by atoms with Crippen LogP contribution < -0.4 is 10.2 Å². The van der Waals surface area contributed by atoms with Crippen molar-refractivity contribution in [3.8, 4) is 0 Å². The molecule has 8 nitrogen and oxygen atoms in total. The molecular weight excluding hydrogens is 427 g/mol. The fraction of sp³-hybridized carbons (Fsp3) is 0.333. The van der Waals surface area contributed by atoms with Gasteiger partial charge in [-0.2, -0.15) is 0 Å². The highest BCUT2D eigenvalue weighted by Crippen LogP contribution is 2.25. The maximum Gasteiger partial charge on any atom is 0.329 e. The topological polar surface area (TPSA) is 85.8 Å². The molecule has 2 aliphatic heterocycles. The second-order valence-electron chi connectivity index (χ2n) is 7.62. The first kappa shape index (κ1) is 21.8. The van der Waals surface area contributed by atoms with Gasteiger partial charge in [-0.25, -0.2) is 22.9 Å². The summed E-state index contributed by atoms with van der Waals surface area (Å²) < 4.78 is 40.2. The molecule has 0 saturated carbocycles. The van der Waals surface area contributed by atoms with E-state index < -0.39 is 41.1 Å². The third kappa shape index (κ3) is 4.42. The van der Waals surface area contributed by atoms with Crippen molar-refractivity contribution in [2.45, 2.75) is 19.0 Å². The Morgan fingerprint density at radius 3 is 2.41 bits per heavy atom. The summed E-state index contributed by atoms with van der Waals surface area (Å²) in [6, 6.07) is 2.85. The van der Waals surface area contributed by atoms with E-state index in [4.69, 9.17) is 0 Å². The highest BCUT2D eigenvalue weighted by molar-refractivity contribution is 6.22. The lowest BCUT2D eigenvalue weighted by atomic mass is 10.1. The van der Waals surface area contributed by atoms with Crippen LogP contribution in [0.1, 0.15) is 12.0 Å². The molecule has 1 atom stereocenters. The standard InChI is InChI=1S/C21H20F3N5O3/c22-15-8-14(9-16(23)19(15)24)29-20(31)17(26-21(29)32)10-18(30)28-6-4-27(5-7-28)12-13-2-1-3-25-11-13/h1-3,8-9,11,17H,4-7,10,12H2,(H,26,32)/t17-/m1/s1. The quantitative estimate of drug-likeness (QED) is 0.557. The molecule has 0 unspecified atom stereocenters. The maximum atomic E-state index is 13.5. The number of halogens is 3. The number of nitrogens with one attached hydrogen (secondary N) is 1. The molecule has 1 aromatic carbocycles. The van der Waals surface area contributed by atoms with Crippen LogP contribution in [0.15, 0.2) is 36.7 Å². The summed E-state index contributed by atoms with van der Waals surface area (Å²) in [7, 11) is 0. The van der Waals surface area contributed by atoms with Gasteiger partial charge in [0.1, 0.15) is 6.04 Å². The van der Waals surface area contributed by atoms with Gasteiger partial charge in [0.2, 0.25) is 5.91 Å². The lowest BCUT2D eigenvalue weighted by Crippen LogP contribution is -2.49. The first-order valence-electron chi connectivity index (χ1n) is 10.0. The monoisotopic (exact) mass is 447 g/mol. The van der Waals surface area contributed by atoms with Crippen molar-refractivity contribution in [2.24, 2.45) is 0 Å². The zero-order valence-corrected chi connectivity index (χ0v) is 16.9. The summed E-state index contributed by atoms with van der Waals surface area (Å²) in [4.78, 5) is 45.9. The third-order valence-corrected chi connectivity index (χ3v) is 5.48. The van der Waals surface area contributed by atoms with Gasteiger partial charge in [0, 0.05) is 57.3 Å². The molecule has 32 heavy (non-hydrogen) atoms. The minimum absolute atomic E-state index is 0.282. The second kappa shape index (κ2) is 8.95. The molecule has 1 aromatic heterocycles. The van der Waals surface area contributed by atoms with E-state index in [0.717, 1.165) is 5.56 Å².